The molecule has 6 aromatic carbocycles. The number of amides is 3. The van der Waals surface area contributed by atoms with E-state index < -0.39 is 60.4 Å². The summed E-state index contributed by atoms with van der Waals surface area (Å²) in [6, 6.07) is 31.7. The molecule has 38 heteroatoms. The van der Waals surface area contributed by atoms with Gasteiger partial charge in [0.2, 0.25) is 17.7 Å². The number of carbonyl (C=O) groups is 3. The Morgan fingerprint density at radius 1 is 0.379 bits per heavy atom. The predicted octanol–water partition coefficient (Wildman–Crippen LogP) is 13.1. The van der Waals surface area contributed by atoms with Crippen molar-refractivity contribution in [1.29, 1.82) is 0 Å². The lowest BCUT2D eigenvalue weighted by Gasteiger charge is -2.23. The number of ether oxygens (including phenoxy) is 3. The molecule has 0 fully saturated rings. The van der Waals surface area contributed by atoms with E-state index in [2.05, 4.69) is 107 Å². The number of carbonyl (C=O) groups excluding carboxylic acids is 3. The van der Waals surface area contributed by atoms with E-state index in [1.54, 1.807) is 36.4 Å². The molecule has 0 spiro atoms. The average Bonchev–Trinajstić information content (AvgIpc) is 1.24. The lowest BCUT2D eigenvalue weighted by Crippen LogP contribution is -2.27. The van der Waals surface area contributed by atoms with Crippen LogP contribution in [0.1, 0.15) is 55.6 Å². The molecule has 0 bridgehead atoms. The highest BCUT2D eigenvalue weighted by atomic mass is 31.2. The van der Waals surface area contributed by atoms with Gasteiger partial charge in [0.25, 0.3) is 0 Å². The number of hydrogen-bond donors (Lipinski definition) is 9. The minimum absolute atomic E-state index is 0.0683. The molecular weight excluding hydrogens is 1540 g/mol. The first kappa shape index (κ1) is 83.2. The molecule has 0 aliphatic carbocycles. The summed E-state index contributed by atoms with van der Waals surface area (Å²) in [6.45, 7) is 4.84. The van der Waals surface area contributed by atoms with Crippen molar-refractivity contribution in [1.82, 2.24) is 75.2 Å². The number of hydrogen-bond acceptors (Lipinski definition) is 25. The molecule has 9 N–H and O–H groups in total. The van der Waals surface area contributed by atoms with Crippen molar-refractivity contribution >= 4 is 110 Å². The van der Waals surface area contributed by atoms with E-state index in [4.69, 9.17) is 27.8 Å². The Bertz CT molecular complexity index is 4880. The zero-order valence-electron chi connectivity index (χ0n) is 63.4. The van der Waals surface area contributed by atoms with Gasteiger partial charge in [0.15, 0.2) is 52.4 Å². The fraction of sp³-hybridized carbons (Fsp3) is 0.308. The van der Waals surface area contributed by atoms with Crippen LogP contribution in [0.25, 0.3) is 32.7 Å². The van der Waals surface area contributed by atoms with E-state index in [1.807, 2.05) is 57.5 Å². The topological polar surface area (TPSA) is 369 Å². The van der Waals surface area contributed by atoms with Gasteiger partial charge in [-0.25, -0.2) is 60.8 Å². The number of aromatic amines is 3. The first-order chi connectivity index (χ1) is 56.2. The van der Waals surface area contributed by atoms with Gasteiger partial charge in [0, 0.05) is 89.3 Å². The lowest BCUT2D eigenvalue weighted by atomic mass is 10.2. The van der Waals surface area contributed by atoms with Gasteiger partial charge >= 0.3 is 7.82 Å². The van der Waals surface area contributed by atoms with Crippen molar-refractivity contribution < 1.29 is 73.1 Å². The molecule has 0 unspecified atom stereocenters. The van der Waals surface area contributed by atoms with E-state index in [-0.39, 0.29) is 56.1 Å². The molecule has 3 amide bonds. The SMILES string of the molecule is CN(CCCCOc1ccc2c(Nc3cc(CC(=O)Nc4cccc(F)c4F)[nH]n3)ncnc2c1)CCOP(=O)(OCCN(C)CCCCOc1ccc2c(Nc3cc(CC(=O)Nc4cccc(F)c4F)[nH]n3)ncnc2c1)OCCN(C)CCCCOc1ccc2c(Nc3cc(CC(=O)Nc4cccc(F)c4F)[nH]n3)ncnc2c1. The van der Waals surface area contributed by atoms with Gasteiger partial charge in [-0.15, -0.1) is 0 Å². The number of fused-ring (bicyclic) bond motifs is 3. The average molecular weight is 1620 g/mol. The Labute approximate surface area is 661 Å². The summed E-state index contributed by atoms with van der Waals surface area (Å²) in [7, 11) is 1.78. The molecule has 12 aromatic rings. The van der Waals surface area contributed by atoms with Crippen molar-refractivity contribution in [3.8, 4) is 17.2 Å². The van der Waals surface area contributed by atoms with Gasteiger partial charge < -0.3 is 60.8 Å². The molecule has 116 heavy (non-hydrogen) atoms. The fourth-order valence-electron chi connectivity index (χ4n) is 11.9. The maximum atomic E-state index is 14.4. The minimum Gasteiger partial charge on any atom is -0.494 e. The number of H-pyrrole nitrogens is 3. The van der Waals surface area contributed by atoms with Crippen LogP contribution in [-0.4, -0.2) is 193 Å². The first-order valence-corrected chi connectivity index (χ1v) is 38.6. The van der Waals surface area contributed by atoms with E-state index >= 15 is 0 Å². The molecule has 0 aliphatic rings. The number of likely N-dealkylation sites (N-methyl/N-ethyl adjacent to an activating group) is 3. The summed E-state index contributed by atoms with van der Waals surface area (Å²) < 4.78 is 134. The van der Waals surface area contributed by atoms with Crippen LogP contribution >= 0.6 is 7.82 Å². The van der Waals surface area contributed by atoms with Crippen LogP contribution < -0.4 is 46.1 Å². The molecular formula is C78H84F6N21O10P. The highest BCUT2D eigenvalue weighted by molar-refractivity contribution is 7.48. The normalized spacial score (nSPS) is 11.7. The van der Waals surface area contributed by atoms with Gasteiger partial charge in [-0.1, -0.05) is 18.2 Å². The summed E-state index contributed by atoms with van der Waals surface area (Å²) in [4.78, 5) is 70.4. The van der Waals surface area contributed by atoms with Gasteiger partial charge in [-0.05, 0) is 152 Å². The Morgan fingerprint density at radius 2 is 0.681 bits per heavy atom. The quantitative estimate of drug-likeness (QED) is 0.00972. The van der Waals surface area contributed by atoms with Gasteiger partial charge in [0.1, 0.15) is 53.7 Å². The van der Waals surface area contributed by atoms with E-state index in [1.165, 1.54) is 55.4 Å². The third-order valence-corrected chi connectivity index (χ3v) is 19.5. The minimum atomic E-state index is -4.05. The number of phosphoric acid groups is 1. The second-order valence-electron chi connectivity index (χ2n) is 26.9. The second kappa shape index (κ2) is 40.7. The standard InChI is InChI=1S/C78H84F6N21O10P/c1-103(25-4-7-31-110-52-19-22-55-64(43-52)85-46-88-76(55)94-67-37-49(97-100-67)40-70(106)91-61-16-10-13-58(79)73(61)82)28-34-113-116(109,114-35-29-104(2)26-5-8-32-111-53-20-23-56-65(44-53)86-47-89-77(56)95-68-38-50(98-101-68)41-71(107)92-62-17-11-14-59(80)74(62)83)115-36-30-105(3)27-6-9-33-112-54-21-24-57-66(45-54)87-48-90-78(57)96-69-39-51(99-102-69)42-72(108)93-63-18-12-15-60(81)75(63)84/h10-24,37-39,43-48H,4-9,25-36,40-42H2,1-3H3,(H,91,106)(H,92,107)(H,93,108)(H2,85,88,94,97,100)(H2,86,89,95,98,101)(H2,87,90,96,99,102). The smallest absolute Gasteiger partial charge is 0.474 e. The molecule has 0 atom stereocenters. The summed E-state index contributed by atoms with van der Waals surface area (Å²) in [5.74, 6) is -4.07. The Hall–Kier alpha value is -12.3. The lowest BCUT2D eigenvalue weighted by molar-refractivity contribution is -0.116. The number of nitrogens with zero attached hydrogens (tertiary/aromatic N) is 12. The highest BCUT2D eigenvalue weighted by Crippen LogP contribution is 2.49. The molecule has 0 aliphatic heterocycles. The third-order valence-electron chi connectivity index (χ3n) is 18.0. The van der Waals surface area contributed by atoms with Crippen molar-refractivity contribution in [2.24, 2.45) is 0 Å². The third kappa shape index (κ3) is 24.2. The van der Waals surface area contributed by atoms with E-state index in [9.17, 15) is 45.3 Å². The largest absolute Gasteiger partial charge is 0.494 e. The number of phosphoric ester groups is 1. The van der Waals surface area contributed by atoms with Crippen LogP contribution in [0.3, 0.4) is 0 Å². The van der Waals surface area contributed by atoms with Crippen LogP contribution in [-0.2, 0) is 51.8 Å². The van der Waals surface area contributed by atoms with Crippen molar-refractivity contribution in [3.63, 3.8) is 0 Å². The van der Waals surface area contributed by atoms with Crippen LogP contribution in [0.5, 0.6) is 17.2 Å². The summed E-state index contributed by atoms with van der Waals surface area (Å²) in [5, 5.41) is 39.6. The molecule has 6 aromatic heterocycles. The molecule has 12 rings (SSSR count). The second-order valence-corrected chi connectivity index (χ2v) is 28.6. The summed E-state index contributed by atoms with van der Waals surface area (Å²) in [6.07, 6.45) is 8.18. The van der Waals surface area contributed by atoms with Gasteiger partial charge in [0.05, 0.1) is 92.5 Å². The van der Waals surface area contributed by atoms with E-state index in [0.717, 1.165) is 56.7 Å². The number of unbranched alkanes of at least 4 members (excludes halogenated alkanes) is 3. The first-order valence-electron chi connectivity index (χ1n) is 37.1. The molecule has 0 saturated carbocycles. The number of rotatable bonds is 45. The predicted molar refractivity (Wildman–Crippen MR) is 422 cm³/mol. The summed E-state index contributed by atoms with van der Waals surface area (Å²) >= 11 is 0. The molecule has 0 radical (unpaired) electrons. The van der Waals surface area contributed by atoms with Crippen molar-refractivity contribution in [2.75, 3.05) is 132 Å². The molecule has 31 nitrogen and oxygen atoms in total. The molecule has 0 saturated heterocycles. The zero-order valence-corrected chi connectivity index (χ0v) is 64.3. The fourth-order valence-corrected chi connectivity index (χ4v) is 13.0. The highest BCUT2D eigenvalue weighted by Gasteiger charge is 2.28. The molecule has 608 valence electrons. The number of halogens is 6. The number of benzene rings is 6. The maximum Gasteiger partial charge on any atom is 0.474 e. The number of anilines is 9. The van der Waals surface area contributed by atoms with Crippen LogP contribution in [0.2, 0.25) is 0 Å². The Morgan fingerprint density at radius 3 is 0.983 bits per heavy atom. The van der Waals surface area contributed by atoms with Crippen molar-refractivity contribution in [2.45, 2.75) is 57.8 Å². The van der Waals surface area contributed by atoms with Crippen molar-refractivity contribution in [3.05, 3.63) is 198 Å². The molecule has 6 heterocycles. The van der Waals surface area contributed by atoms with Crippen LogP contribution in [0, 0.1) is 34.9 Å². The zero-order chi connectivity index (χ0) is 81.3. The van der Waals surface area contributed by atoms with E-state index in [0.29, 0.717) is 161 Å². The monoisotopic (exact) mass is 1620 g/mol. The maximum absolute atomic E-state index is 14.4. The summed E-state index contributed by atoms with van der Waals surface area (Å²) in [5.41, 5.74) is 2.29. The van der Waals surface area contributed by atoms with Gasteiger partial charge in [-0.3, -0.25) is 43.3 Å². The van der Waals surface area contributed by atoms with Crippen LogP contribution in [0.4, 0.5) is 78.3 Å². The number of aromatic nitrogens is 12. The van der Waals surface area contributed by atoms with Crippen LogP contribution in [0.15, 0.2) is 146 Å². The van der Waals surface area contributed by atoms with Gasteiger partial charge in [-0.2, -0.15) is 15.3 Å². The number of nitrogens with one attached hydrogen (secondary N) is 9. The Balaban J connectivity index is 0.566. The Kier molecular flexibility index (Phi) is 29.2.